The molecule has 0 saturated heterocycles. The van der Waals surface area contributed by atoms with Crippen LogP contribution in [0, 0.1) is 0 Å². The van der Waals surface area contributed by atoms with Crippen molar-refractivity contribution in [1.82, 2.24) is 0 Å². The molecule has 6 heteroatoms. The summed E-state index contributed by atoms with van der Waals surface area (Å²) < 4.78 is 17.0. The van der Waals surface area contributed by atoms with Crippen molar-refractivity contribution in [2.75, 3.05) is 13.2 Å². The predicted octanol–water partition coefficient (Wildman–Crippen LogP) is 22.6. The van der Waals surface area contributed by atoms with Crippen LogP contribution in [0.5, 0.6) is 0 Å². The number of hydrogen-bond acceptors (Lipinski definition) is 6. The highest BCUT2D eigenvalue weighted by molar-refractivity contribution is 5.71. The lowest BCUT2D eigenvalue weighted by molar-refractivity contribution is -0.167. The first kappa shape index (κ1) is 72.4. The molecule has 0 amide bonds. The summed E-state index contributed by atoms with van der Waals surface area (Å²) in [5, 5.41) is 0. The fourth-order valence-electron chi connectivity index (χ4n) is 9.80. The van der Waals surface area contributed by atoms with Crippen molar-refractivity contribution in [1.29, 1.82) is 0 Å². The van der Waals surface area contributed by atoms with Gasteiger partial charge in [0.1, 0.15) is 13.2 Å². The van der Waals surface area contributed by atoms with Gasteiger partial charge in [-0.05, 0) is 83.5 Å². The summed E-state index contributed by atoms with van der Waals surface area (Å²) >= 11 is 0. The van der Waals surface area contributed by atoms with Crippen LogP contribution < -0.4 is 0 Å². The van der Waals surface area contributed by atoms with Gasteiger partial charge in [0.15, 0.2) is 6.10 Å². The van der Waals surface area contributed by atoms with Crippen LogP contribution in [0.2, 0.25) is 0 Å². The van der Waals surface area contributed by atoms with E-state index in [0.29, 0.717) is 19.3 Å². The average Bonchev–Trinajstić information content (AvgIpc) is 3.41. The molecule has 0 heterocycles. The third kappa shape index (κ3) is 62.1. The number of hydrogen-bond donors (Lipinski definition) is 0. The Kier molecular flexibility index (Phi) is 61.7. The zero-order valence-corrected chi connectivity index (χ0v) is 50.3. The van der Waals surface area contributed by atoms with E-state index in [1.165, 1.54) is 231 Å². The first-order valence-corrected chi connectivity index (χ1v) is 33.1. The number of unbranched alkanes of at least 4 members (excludes halogenated alkanes) is 42. The third-order valence-corrected chi connectivity index (χ3v) is 14.8. The molecule has 0 aliphatic heterocycles. The van der Waals surface area contributed by atoms with Crippen LogP contribution in [0.1, 0.15) is 355 Å². The Morgan fingerprint density at radius 2 is 0.480 bits per heavy atom. The smallest absolute Gasteiger partial charge is 0.306 e. The molecule has 0 aliphatic rings. The summed E-state index contributed by atoms with van der Waals surface area (Å²) in [4.78, 5) is 38.4. The van der Waals surface area contributed by atoms with Gasteiger partial charge in [-0.1, -0.05) is 301 Å². The Morgan fingerprint density at radius 1 is 0.267 bits per heavy atom. The Labute approximate surface area is 467 Å². The molecule has 0 N–H and O–H groups in total. The maximum atomic E-state index is 12.9. The van der Waals surface area contributed by atoms with Crippen molar-refractivity contribution >= 4 is 17.9 Å². The summed E-state index contributed by atoms with van der Waals surface area (Å²) in [5.74, 6) is -0.876. The predicted molar refractivity (Wildman–Crippen MR) is 325 cm³/mol. The Balaban J connectivity index is 4.36. The van der Waals surface area contributed by atoms with E-state index in [9.17, 15) is 14.4 Å². The average molecular weight is 1050 g/mol. The molecule has 0 unspecified atom stereocenters. The van der Waals surface area contributed by atoms with E-state index in [2.05, 4.69) is 69.4 Å². The second-order valence-corrected chi connectivity index (χ2v) is 22.4. The Morgan fingerprint density at radius 3 is 0.787 bits per heavy atom. The standard InChI is InChI=1S/C69H126O6/c1-4-7-10-13-16-19-22-25-28-31-33-34-36-39-42-45-48-51-54-57-60-63-69(72)75-66(64-73-67(70)61-58-55-52-49-46-43-40-37-30-27-24-21-18-15-12-9-6-3)65-74-68(71)62-59-56-53-50-47-44-41-38-35-32-29-26-23-20-17-14-11-8-5-2/h18,21,25,27-28,30,40,43,66H,4-17,19-20,22-24,26,29,31-39,41-42,44-65H2,1-3H3/b21-18-,28-25-,30-27-,43-40-/t66-/m1/s1. The van der Waals surface area contributed by atoms with E-state index < -0.39 is 6.10 Å². The molecule has 0 rings (SSSR count). The second-order valence-electron chi connectivity index (χ2n) is 22.4. The van der Waals surface area contributed by atoms with Crippen LogP contribution in [0.3, 0.4) is 0 Å². The lowest BCUT2D eigenvalue weighted by Crippen LogP contribution is -2.30. The van der Waals surface area contributed by atoms with Crippen molar-refractivity contribution in [3.05, 3.63) is 48.6 Å². The quantitative estimate of drug-likeness (QED) is 0.0261. The molecule has 0 radical (unpaired) electrons. The zero-order chi connectivity index (χ0) is 54.3. The number of rotatable bonds is 61. The van der Waals surface area contributed by atoms with E-state index in [4.69, 9.17) is 14.2 Å². The molecule has 0 aromatic rings. The van der Waals surface area contributed by atoms with Crippen molar-refractivity contribution in [3.8, 4) is 0 Å². The normalized spacial score (nSPS) is 12.3. The molecule has 0 saturated carbocycles. The number of carbonyl (C=O) groups is 3. The number of esters is 3. The lowest BCUT2D eigenvalue weighted by atomic mass is 10.0. The Hall–Kier alpha value is -2.63. The Bertz CT molecular complexity index is 1300. The summed E-state index contributed by atoms with van der Waals surface area (Å²) in [6, 6.07) is 0. The zero-order valence-electron chi connectivity index (χ0n) is 50.3. The molecular formula is C69H126O6. The summed E-state index contributed by atoms with van der Waals surface area (Å²) in [7, 11) is 0. The van der Waals surface area contributed by atoms with E-state index in [-0.39, 0.29) is 31.1 Å². The van der Waals surface area contributed by atoms with Crippen molar-refractivity contribution in [3.63, 3.8) is 0 Å². The van der Waals surface area contributed by atoms with E-state index in [1.54, 1.807) is 0 Å². The largest absolute Gasteiger partial charge is 0.462 e. The highest BCUT2D eigenvalue weighted by Crippen LogP contribution is 2.17. The lowest BCUT2D eigenvalue weighted by Gasteiger charge is -2.18. The van der Waals surface area contributed by atoms with Gasteiger partial charge in [-0.2, -0.15) is 0 Å². The molecule has 6 nitrogen and oxygen atoms in total. The summed E-state index contributed by atoms with van der Waals surface area (Å²) in [6.45, 7) is 6.65. The highest BCUT2D eigenvalue weighted by atomic mass is 16.6. The molecule has 438 valence electrons. The van der Waals surface area contributed by atoms with Gasteiger partial charge in [-0.15, -0.1) is 0 Å². The fraction of sp³-hybridized carbons (Fsp3) is 0.841. The van der Waals surface area contributed by atoms with Crippen LogP contribution in [-0.4, -0.2) is 37.2 Å². The van der Waals surface area contributed by atoms with Gasteiger partial charge in [0, 0.05) is 19.3 Å². The molecular weight excluding hydrogens is 925 g/mol. The molecule has 0 spiro atoms. The fourth-order valence-corrected chi connectivity index (χ4v) is 9.80. The van der Waals surface area contributed by atoms with E-state index in [0.717, 1.165) is 83.5 Å². The van der Waals surface area contributed by atoms with Crippen molar-refractivity contribution < 1.29 is 28.6 Å². The molecule has 75 heavy (non-hydrogen) atoms. The van der Waals surface area contributed by atoms with Gasteiger partial charge in [0.25, 0.3) is 0 Å². The van der Waals surface area contributed by atoms with Gasteiger partial charge >= 0.3 is 17.9 Å². The molecule has 1 atom stereocenters. The van der Waals surface area contributed by atoms with Crippen molar-refractivity contribution in [2.45, 2.75) is 361 Å². The van der Waals surface area contributed by atoms with E-state index in [1.807, 2.05) is 0 Å². The van der Waals surface area contributed by atoms with Crippen LogP contribution >= 0.6 is 0 Å². The van der Waals surface area contributed by atoms with Crippen LogP contribution in [0.25, 0.3) is 0 Å². The minimum Gasteiger partial charge on any atom is -0.462 e. The van der Waals surface area contributed by atoms with Gasteiger partial charge in [-0.25, -0.2) is 0 Å². The van der Waals surface area contributed by atoms with Gasteiger partial charge in [0.2, 0.25) is 0 Å². The maximum Gasteiger partial charge on any atom is 0.306 e. The molecule has 0 aromatic carbocycles. The molecule has 0 fully saturated rings. The van der Waals surface area contributed by atoms with Crippen molar-refractivity contribution in [2.24, 2.45) is 0 Å². The third-order valence-electron chi connectivity index (χ3n) is 14.8. The molecule has 0 aromatic heterocycles. The van der Waals surface area contributed by atoms with Gasteiger partial charge in [-0.3, -0.25) is 14.4 Å². The van der Waals surface area contributed by atoms with Gasteiger partial charge < -0.3 is 14.2 Å². The van der Waals surface area contributed by atoms with Gasteiger partial charge in [0.05, 0.1) is 0 Å². The molecule has 0 aliphatic carbocycles. The molecule has 0 bridgehead atoms. The van der Waals surface area contributed by atoms with Crippen LogP contribution in [0.4, 0.5) is 0 Å². The maximum absolute atomic E-state index is 12.9. The number of carbonyl (C=O) groups excluding carboxylic acids is 3. The summed E-state index contributed by atoms with van der Waals surface area (Å²) in [6.07, 6.45) is 79.7. The first-order chi connectivity index (χ1) is 37.0. The SMILES string of the molecule is CCCCC/C=C\C/C=C\C/C=C\CCCCCCC(=O)OC[C@H](COC(=O)CCCCCCCCCCCCCCCCCCCCC)OC(=O)CCCCCCCCCCCCC/C=C\CCCCCCCC. The minimum atomic E-state index is -0.782. The monoisotopic (exact) mass is 1050 g/mol. The number of ether oxygens (including phenoxy) is 3. The second kappa shape index (κ2) is 63.9. The summed E-state index contributed by atoms with van der Waals surface area (Å²) in [5.41, 5.74) is 0. The number of allylic oxidation sites excluding steroid dienone is 8. The highest BCUT2D eigenvalue weighted by Gasteiger charge is 2.19. The minimum absolute atomic E-state index is 0.0766. The van der Waals surface area contributed by atoms with Crippen LogP contribution in [0.15, 0.2) is 48.6 Å². The first-order valence-electron chi connectivity index (χ1n) is 33.1. The van der Waals surface area contributed by atoms with Crippen LogP contribution in [-0.2, 0) is 28.6 Å². The topological polar surface area (TPSA) is 78.9 Å². The van der Waals surface area contributed by atoms with E-state index >= 15 is 0 Å².